The van der Waals surface area contributed by atoms with Gasteiger partial charge in [0.05, 0.1) is 21.9 Å². The first-order chi connectivity index (χ1) is 15.6. The van der Waals surface area contributed by atoms with Crippen molar-refractivity contribution in [3.63, 3.8) is 0 Å². The van der Waals surface area contributed by atoms with Crippen LogP contribution in [0.25, 0.3) is 21.6 Å². The van der Waals surface area contributed by atoms with Gasteiger partial charge in [-0.3, -0.25) is 20.4 Å². The number of hydrogen-bond donors (Lipinski definition) is 2. The van der Waals surface area contributed by atoms with Crippen LogP contribution < -0.4 is 10.9 Å². The fraction of sp³-hybridized carbons (Fsp3) is 0.0476. The average Bonchev–Trinajstić information content (AvgIpc) is 3.57. The summed E-state index contributed by atoms with van der Waals surface area (Å²) in [6, 6.07) is 18.2. The van der Waals surface area contributed by atoms with Crippen molar-refractivity contribution in [2.45, 2.75) is 6.92 Å². The number of thiophene rings is 1. The third kappa shape index (κ3) is 3.61. The van der Waals surface area contributed by atoms with Crippen molar-refractivity contribution in [3.05, 3.63) is 83.1 Å². The van der Waals surface area contributed by atoms with Gasteiger partial charge in [-0.1, -0.05) is 18.2 Å². The first-order valence-corrected chi connectivity index (χ1v) is 10.4. The maximum atomic E-state index is 12.6. The molecule has 0 aliphatic rings. The predicted octanol–water partition coefficient (Wildman–Crippen LogP) is 2.45. The normalized spacial score (nSPS) is 10.9. The van der Waals surface area contributed by atoms with Gasteiger partial charge in [0, 0.05) is 10.9 Å². The molecule has 2 N–H and O–H groups in total. The third-order valence-electron chi connectivity index (χ3n) is 4.80. The van der Waals surface area contributed by atoms with E-state index in [9.17, 15) is 9.59 Å². The molecule has 11 heteroatoms. The van der Waals surface area contributed by atoms with E-state index in [2.05, 4.69) is 31.5 Å². The van der Waals surface area contributed by atoms with Crippen LogP contribution in [0.2, 0.25) is 0 Å². The van der Waals surface area contributed by atoms with Gasteiger partial charge in [-0.15, -0.1) is 16.4 Å². The Labute approximate surface area is 185 Å². The van der Waals surface area contributed by atoms with Crippen LogP contribution in [0.3, 0.4) is 0 Å². The smallest absolute Gasteiger partial charge is 0.267 e. The summed E-state index contributed by atoms with van der Waals surface area (Å²) in [6.07, 6.45) is 1.46. The monoisotopic (exact) mass is 444 g/mol. The second-order valence-electron chi connectivity index (χ2n) is 6.87. The Balaban J connectivity index is 1.29. The standard InChI is InChI=1S/C21H16N8O2S/c1-13-17-11-18(32-21(17)29(25-13)16-5-3-2-4-6-16)20(31)24-23-19(30)14-7-9-15(10-8-14)28-12-22-26-27-28/h2-12H,1H3,(H,23,30)(H,24,31). The molecule has 0 spiro atoms. The van der Waals surface area contributed by atoms with E-state index in [0.717, 1.165) is 21.6 Å². The van der Waals surface area contributed by atoms with E-state index in [1.807, 2.05) is 41.9 Å². The van der Waals surface area contributed by atoms with Crippen molar-refractivity contribution in [3.8, 4) is 11.4 Å². The van der Waals surface area contributed by atoms with Gasteiger partial charge in [0.25, 0.3) is 11.8 Å². The van der Waals surface area contributed by atoms with E-state index < -0.39 is 11.8 Å². The third-order valence-corrected chi connectivity index (χ3v) is 5.91. The number of hydrogen-bond acceptors (Lipinski definition) is 7. The highest BCUT2D eigenvalue weighted by atomic mass is 32.1. The molecule has 2 amide bonds. The molecule has 0 saturated carbocycles. The summed E-state index contributed by atoms with van der Waals surface area (Å²) in [5.74, 6) is -0.835. The number of aryl methyl sites for hydroxylation is 1. The Kier molecular flexibility index (Phi) is 4.92. The van der Waals surface area contributed by atoms with Gasteiger partial charge in [0.1, 0.15) is 11.2 Å². The Morgan fingerprint density at radius 2 is 1.69 bits per heavy atom. The molecule has 0 unspecified atom stereocenters. The number of nitrogens with zero attached hydrogens (tertiary/aromatic N) is 6. The minimum Gasteiger partial charge on any atom is -0.267 e. The van der Waals surface area contributed by atoms with E-state index in [0.29, 0.717) is 16.1 Å². The highest BCUT2D eigenvalue weighted by Gasteiger charge is 2.18. The van der Waals surface area contributed by atoms with Crippen LogP contribution in [-0.2, 0) is 0 Å². The molecule has 3 heterocycles. The molecule has 0 atom stereocenters. The highest BCUT2D eigenvalue weighted by Crippen LogP contribution is 2.30. The summed E-state index contributed by atoms with van der Waals surface area (Å²) in [5, 5.41) is 16.4. The van der Waals surface area contributed by atoms with Gasteiger partial charge in [-0.25, -0.2) is 9.36 Å². The summed E-state index contributed by atoms with van der Waals surface area (Å²) in [5.41, 5.74) is 7.76. The molecule has 2 aromatic carbocycles. The number of nitrogens with one attached hydrogen (secondary N) is 2. The van der Waals surface area contributed by atoms with E-state index in [1.54, 1.807) is 30.3 Å². The predicted molar refractivity (Wildman–Crippen MR) is 118 cm³/mol. The fourth-order valence-electron chi connectivity index (χ4n) is 3.20. The maximum Gasteiger partial charge on any atom is 0.279 e. The highest BCUT2D eigenvalue weighted by molar-refractivity contribution is 7.20. The molecule has 5 aromatic rings. The van der Waals surface area contributed by atoms with Crippen molar-refractivity contribution in [2.75, 3.05) is 0 Å². The number of para-hydroxylation sites is 1. The second-order valence-corrected chi connectivity index (χ2v) is 7.90. The Bertz CT molecular complexity index is 1410. The molecule has 0 saturated heterocycles. The van der Waals surface area contributed by atoms with Crippen LogP contribution in [0.1, 0.15) is 25.7 Å². The second kappa shape index (κ2) is 8.04. The molecule has 0 aliphatic carbocycles. The van der Waals surface area contributed by atoms with Gasteiger partial charge in [-0.05, 0) is 59.8 Å². The summed E-state index contributed by atoms with van der Waals surface area (Å²) >= 11 is 1.31. The average molecular weight is 444 g/mol. The molecular formula is C21H16N8O2S. The first-order valence-electron chi connectivity index (χ1n) is 9.59. The molecule has 0 bridgehead atoms. The molecule has 32 heavy (non-hydrogen) atoms. The number of tetrazole rings is 1. The van der Waals surface area contributed by atoms with Crippen LogP contribution in [0.5, 0.6) is 0 Å². The first kappa shape index (κ1) is 19.6. The molecule has 10 nitrogen and oxygen atoms in total. The zero-order valence-corrected chi connectivity index (χ0v) is 17.6. The summed E-state index contributed by atoms with van der Waals surface area (Å²) in [7, 11) is 0. The SMILES string of the molecule is Cc1nn(-c2ccccc2)c2sc(C(=O)NNC(=O)c3ccc(-n4cnnn4)cc3)cc12. The minimum absolute atomic E-state index is 0.383. The fourth-order valence-corrected chi connectivity index (χ4v) is 4.27. The zero-order valence-electron chi connectivity index (χ0n) is 16.8. The van der Waals surface area contributed by atoms with Gasteiger partial charge >= 0.3 is 0 Å². The van der Waals surface area contributed by atoms with Crippen LogP contribution >= 0.6 is 11.3 Å². The van der Waals surface area contributed by atoms with Gasteiger partial charge < -0.3 is 0 Å². The van der Waals surface area contributed by atoms with Crippen molar-refractivity contribution in [1.29, 1.82) is 0 Å². The van der Waals surface area contributed by atoms with Crippen molar-refractivity contribution >= 4 is 33.4 Å². The van der Waals surface area contributed by atoms with E-state index >= 15 is 0 Å². The van der Waals surface area contributed by atoms with Crippen molar-refractivity contribution in [1.82, 2.24) is 40.8 Å². The summed E-state index contributed by atoms with van der Waals surface area (Å²) in [6.45, 7) is 1.90. The van der Waals surface area contributed by atoms with Crippen LogP contribution in [-0.4, -0.2) is 41.8 Å². The molecule has 0 aliphatic heterocycles. The Hall–Kier alpha value is -4.38. The summed E-state index contributed by atoms with van der Waals surface area (Å²) in [4.78, 5) is 26.4. The topological polar surface area (TPSA) is 120 Å². The zero-order chi connectivity index (χ0) is 22.1. The molecular weight excluding hydrogens is 428 g/mol. The number of fused-ring (bicyclic) bond motifs is 1. The lowest BCUT2D eigenvalue weighted by Crippen LogP contribution is -2.41. The number of carbonyl (C=O) groups is 2. The lowest BCUT2D eigenvalue weighted by Gasteiger charge is -2.07. The molecule has 0 radical (unpaired) electrons. The number of amides is 2. The maximum absolute atomic E-state index is 12.6. The summed E-state index contributed by atoms with van der Waals surface area (Å²) < 4.78 is 3.29. The number of carbonyl (C=O) groups excluding carboxylic acids is 2. The Morgan fingerprint density at radius 1 is 0.938 bits per heavy atom. The van der Waals surface area contributed by atoms with E-state index in [1.165, 1.54) is 22.3 Å². The van der Waals surface area contributed by atoms with Crippen LogP contribution in [0.4, 0.5) is 0 Å². The molecule has 158 valence electrons. The number of aromatic nitrogens is 6. The number of benzene rings is 2. The van der Waals surface area contributed by atoms with Crippen LogP contribution in [0.15, 0.2) is 67.0 Å². The van der Waals surface area contributed by atoms with E-state index in [4.69, 9.17) is 0 Å². The lowest BCUT2D eigenvalue weighted by molar-refractivity contribution is 0.0849. The molecule has 3 aromatic heterocycles. The largest absolute Gasteiger partial charge is 0.279 e. The van der Waals surface area contributed by atoms with Crippen molar-refractivity contribution < 1.29 is 9.59 Å². The van der Waals surface area contributed by atoms with Gasteiger partial charge in [-0.2, -0.15) is 5.10 Å². The molecule has 0 fully saturated rings. The lowest BCUT2D eigenvalue weighted by atomic mass is 10.2. The Morgan fingerprint density at radius 3 is 2.41 bits per heavy atom. The number of rotatable bonds is 4. The quantitative estimate of drug-likeness (QED) is 0.411. The minimum atomic E-state index is -0.436. The van der Waals surface area contributed by atoms with Gasteiger partial charge in [0.2, 0.25) is 0 Å². The molecule has 5 rings (SSSR count). The van der Waals surface area contributed by atoms with E-state index in [-0.39, 0.29) is 0 Å². The number of hydrazine groups is 1. The van der Waals surface area contributed by atoms with Crippen molar-refractivity contribution in [2.24, 2.45) is 0 Å². The van der Waals surface area contributed by atoms with Crippen LogP contribution in [0, 0.1) is 6.92 Å². The van der Waals surface area contributed by atoms with Gasteiger partial charge in [0.15, 0.2) is 0 Å².